The largest absolute Gasteiger partial charge is 0.349 e. The maximum absolute atomic E-state index is 12.8. The van der Waals surface area contributed by atoms with Crippen LogP contribution in [0.1, 0.15) is 52.5 Å². The van der Waals surface area contributed by atoms with Gasteiger partial charge in [-0.3, -0.25) is 9.59 Å². The lowest BCUT2D eigenvalue weighted by Crippen LogP contribution is -2.25. The second kappa shape index (κ2) is 8.14. The summed E-state index contributed by atoms with van der Waals surface area (Å²) >= 11 is 0. The summed E-state index contributed by atoms with van der Waals surface area (Å²) in [5.74, 6) is -0.713. The van der Waals surface area contributed by atoms with Crippen molar-refractivity contribution in [1.82, 2.24) is 5.32 Å². The van der Waals surface area contributed by atoms with Crippen LogP contribution < -0.4 is 10.6 Å². The van der Waals surface area contributed by atoms with E-state index in [9.17, 15) is 18.0 Å². The molecule has 0 radical (unpaired) electrons. The predicted octanol–water partition coefficient (Wildman–Crippen LogP) is 3.32. The molecule has 0 unspecified atom stereocenters. The second-order valence-electron chi connectivity index (χ2n) is 7.05. The molecule has 2 amide bonds. The predicted molar refractivity (Wildman–Crippen MR) is 108 cm³/mol. The Morgan fingerprint density at radius 2 is 1.79 bits per heavy atom. The Labute approximate surface area is 165 Å². The fraction of sp³-hybridized carbons (Fsp3) is 0.333. The first-order chi connectivity index (χ1) is 13.3. The van der Waals surface area contributed by atoms with Gasteiger partial charge in [-0.25, -0.2) is 8.42 Å². The molecule has 0 atom stereocenters. The molecule has 1 aliphatic rings. The Balaban J connectivity index is 1.86. The van der Waals surface area contributed by atoms with E-state index >= 15 is 0 Å². The highest BCUT2D eigenvalue weighted by Gasteiger charge is 2.25. The van der Waals surface area contributed by atoms with E-state index in [1.165, 1.54) is 12.1 Å². The fourth-order valence-electron chi connectivity index (χ4n) is 2.89. The summed E-state index contributed by atoms with van der Waals surface area (Å²) in [4.78, 5) is 25.1. The van der Waals surface area contributed by atoms with Gasteiger partial charge >= 0.3 is 0 Å². The first-order valence-electron chi connectivity index (χ1n) is 9.36. The maximum Gasteiger partial charge on any atom is 0.256 e. The molecular formula is C21H24N2O4S. The van der Waals surface area contributed by atoms with Crippen LogP contribution in [0.3, 0.4) is 0 Å². The number of rotatable bonds is 7. The van der Waals surface area contributed by atoms with Crippen LogP contribution in [-0.2, 0) is 9.84 Å². The summed E-state index contributed by atoms with van der Waals surface area (Å²) in [7, 11) is -3.54. The Morgan fingerprint density at radius 3 is 2.46 bits per heavy atom. The van der Waals surface area contributed by atoms with Crippen molar-refractivity contribution in [2.75, 3.05) is 11.1 Å². The third-order valence-electron chi connectivity index (χ3n) is 4.60. The highest BCUT2D eigenvalue weighted by atomic mass is 32.2. The van der Waals surface area contributed by atoms with Gasteiger partial charge in [0.1, 0.15) is 0 Å². The van der Waals surface area contributed by atoms with Crippen molar-refractivity contribution in [3.05, 3.63) is 59.2 Å². The summed E-state index contributed by atoms with van der Waals surface area (Å²) < 4.78 is 25.0. The molecular weight excluding hydrogens is 376 g/mol. The number of hydrogen-bond acceptors (Lipinski definition) is 4. The topological polar surface area (TPSA) is 92.3 Å². The lowest BCUT2D eigenvalue weighted by molar-refractivity contribution is 0.0949. The zero-order chi connectivity index (χ0) is 20.3. The van der Waals surface area contributed by atoms with Crippen LogP contribution in [0.15, 0.2) is 47.4 Å². The lowest BCUT2D eigenvalue weighted by atomic mass is 10.1. The van der Waals surface area contributed by atoms with E-state index in [1.54, 1.807) is 37.3 Å². The molecule has 0 aliphatic heterocycles. The van der Waals surface area contributed by atoms with Crippen molar-refractivity contribution in [2.24, 2.45) is 0 Å². The third kappa shape index (κ3) is 4.59. The van der Waals surface area contributed by atoms with Crippen molar-refractivity contribution < 1.29 is 18.0 Å². The summed E-state index contributed by atoms with van der Waals surface area (Å²) in [6.07, 6.45) is 2.45. The molecule has 0 bridgehead atoms. The van der Waals surface area contributed by atoms with Gasteiger partial charge < -0.3 is 10.6 Å². The van der Waals surface area contributed by atoms with E-state index < -0.39 is 15.7 Å². The van der Waals surface area contributed by atoms with Crippen molar-refractivity contribution in [3.8, 4) is 0 Å². The first kappa shape index (κ1) is 20.1. The molecule has 0 heterocycles. The number of sulfone groups is 1. The zero-order valence-electron chi connectivity index (χ0n) is 16.0. The Hall–Kier alpha value is -2.67. The Kier molecular flexibility index (Phi) is 5.84. The molecule has 0 saturated heterocycles. The highest BCUT2D eigenvalue weighted by molar-refractivity contribution is 7.91. The van der Waals surface area contributed by atoms with Crippen LogP contribution in [0.2, 0.25) is 0 Å². The number of amides is 2. The summed E-state index contributed by atoms with van der Waals surface area (Å²) in [5, 5.41) is 5.68. The fourth-order valence-corrected chi connectivity index (χ4v) is 4.43. The van der Waals surface area contributed by atoms with Gasteiger partial charge in [0.15, 0.2) is 9.84 Å². The SMILES string of the molecule is CCCS(=O)(=O)c1ccccc1C(=O)Nc1cc(C(=O)NC2CC2)ccc1C. The number of carbonyl (C=O) groups excluding carboxylic acids is 2. The summed E-state index contributed by atoms with van der Waals surface area (Å²) in [6.45, 7) is 3.60. The van der Waals surface area contributed by atoms with Crippen molar-refractivity contribution in [2.45, 2.75) is 44.0 Å². The molecule has 0 spiro atoms. The van der Waals surface area contributed by atoms with E-state index in [2.05, 4.69) is 10.6 Å². The minimum atomic E-state index is -3.54. The molecule has 148 valence electrons. The van der Waals surface area contributed by atoms with Crippen LogP contribution in [0.5, 0.6) is 0 Å². The summed E-state index contributed by atoms with van der Waals surface area (Å²) in [6, 6.07) is 11.5. The standard InChI is InChI=1S/C21H24N2O4S/c1-3-12-28(26,27)19-7-5-4-6-17(19)21(25)23-18-13-15(9-8-14(18)2)20(24)22-16-10-11-16/h4-9,13,16H,3,10-12H2,1-2H3,(H,22,24)(H,23,25). The van der Waals surface area contributed by atoms with E-state index in [0.29, 0.717) is 17.7 Å². The minimum Gasteiger partial charge on any atom is -0.349 e. The summed E-state index contributed by atoms with van der Waals surface area (Å²) in [5.41, 5.74) is 1.82. The average molecular weight is 401 g/mol. The van der Waals surface area contributed by atoms with Crippen molar-refractivity contribution >= 4 is 27.3 Å². The molecule has 2 N–H and O–H groups in total. The van der Waals surface area contributed by atoms with Gasteiger partial charge in [0.2, 0.25) is 0 Å². The smallest absolute Gasteiger partial charge is 0.256 e. The van der Waals surface area contributed by atoms with Crippen molar-refractivity contribution in [3.63, 3.8) is 0 Å². The number of aryl methyl sites for hydroxylation is 1. The van der Waals surface area contributed by atoms with Crippen LogP contribution in [-0.4, -0.2) is 32.0 Å². The molecule has 2 aromatic carbocycles. The monoisotopic (exact) mass is 400 g/mol. The minimum absolute atomic E-state index is 0.0207. The third-order valence-corrected chi connectivity index (χ3v) is 6.57. The van der Waals surface area contributed by atoms with Crippen LogP contribution >= 0.6 is 0 Å². The molecule has 7 heteroatoms. The molecule has 1 saturated carbocycles. The van der Waals surface area contributed by atoms with E-state index in [0.717, 1.165) is 18.4 Å². The highest BCUT2D eigenvalue weighted by Crippen LogP contribution is 2.23. The molecule has 0 aromatic heterocycles. The number of benzene rings is 2. The number of anilines is 1. The zero-order valence-corrected chi connectivity index (χ0v) is 16.8. The number of carbonyl (C=O) groups is 2. The van der Waals surface area contributed by atoms with Gasteiger partial charge in [-0.1, -0.05) is 25.1 Å². The van der Waals surface area contributed by atoms with Gasteiger partial charge in [0.05, 0.1) is 16.2 Å². The molecule has 1 aliphatic carbocycles. The molecule has 1 fully saturated rings. The normalized spacial score (nSPS) is 13.8. The maximum atomic E-state index is 12.8. The Bertz CT molecular complexity index is 1010. The molecule has 2 aromatic rings. The quantitative estimate of drug-likeness (QED) is 0.746. The molecule has 28 heavy (non-hydrogen) atoms. The Morgan fingerprint density at radius 1 is 1.07 bits per heavy atom. The van der Waals surface area contributed by atoms with Crippen LogP contribution in [0.25, 0.3) is 0 Å². The van der Waals surface area contributed by atoms with Crippen LogP contribution in [0, 0.1) is 6.92 Å². The average Bonchev–Trinajstić information content (AvgIpc) is 3.47. The van der Waals surface area contributed by atoms with Gasteiger partial charge in [-0.2, -0.15) is 0 Å². The number of hydrogen-bond donors (Lipinski definition) is 2. The van der Waals surface area contributed by atoms with Gasteiger partial charge in [-0.15, -0.1) is 0 Å². The van der Waals surface area contributed by atoms with E-state index in [-0.39, 0.29) is 28.2 Å². The van der Waals surface area contributed by atoms with Crippen LogP contribution in [0.4, 0.5) is 5.69 Å². The molecule has 3 rings (SSSR count). The van der Waals surface area contributed by atoms with E-state index in [1.807, 2.05) is 6.92 Å². The van der Waals surface area contributed by atoms with Gasteiger partial charge in [-0.05, 0) is 56.0 Å². The molecule has 6 nitrogen and oxygen atoms in total. The van der Waals surface area contributed by atoms with Gasteiger partial charge in [0.25, 0.3) is 11.8 Å². The lowest BCUT2D eigenvalue weighted by Gasteiger charge is -2.13. The van der Waals surface area contributed by atoms with Crippen molar-refractivity contribution in [1.29, 1.82) is 0 Å². The first-order valence-corrected chi connectivity index (χ1v) is 11.0. The number of nitrogens with one attached hydrogen (secondary N) is 2. The van der Waals surface area contributed by atoms with Gasteiger partial charge in [0, 0.05) is 17.3 Å². The second-order valence-corrected chi connectivity index (χ2v) is 9.12. The van der Waals surface area contributed by atoms with E-state index in [4.69, 9.17) is 0 Å².